The Kier molecular flexibility index (Phi) is 6.98. The fourth-order valence-electron chi connectivity index (χ4n) is 3.77. The van der Waals surface area contributed by atoms with Gasteiger partial charge in [0.2, 0.25) is 0 Å². The summed E-state index contributed by atoms with van der Waals surface area (Å²) in [5, 5.41) is 59.0. The van der Waals surface area contributed by atoms with E-state index in [1.54, 1.807) is 0 Å². The lowest BCUT2D eigenvalue weighted by molar-refractivity contribution is 0.403. The molecule has 0 unspecified atom stereocenters. The summed E-state index contributed by atoms with van der Waals surface area (Å²) in [5.74, 6) is -3.34. The van der Waals surface area contributed by atoms with Crippen molar-refractivity contribution in [1.82, 2.24) is 0 Å². The fraction of sp³-hybridized carbons (Fsp3) is 0.0714. The van der Waals surface area contributed by atoms with Gasteiger partial charge in [-0.05, 0) is 47.5 Å². The second-order valence-corrected chi connectivity index (χ2v) is 8.35. The molecule has 2 aromatic heterocycles. The van der Waals surface area contributed by atoms with Crippen LogP contribution >= 0.6 is 0 Å². The number of rotatable bonds is 6. The van der Waals surface area contributed by atoms with Crippen LogP contribution in [0.3, 0.4) is 0 Å². The lowest BCUT2D eigenvalue weighted by Crippen LogP contribution is -2.18. The predicted molar refractivity (Wildman–Crippen MR) is 138 cm³/mol. The van der Waals surface area contributed by atoms with Crippen LogP contribution in [0.25, 0.3) is 24.3 Å². The molecule has 38 heavy (non-hydrogen) atoms. The van der Waals surface area contributed by atoms with Gasteiger partial charge in [0.1, 0.15) is 23.0 Å². The SMILES string of the molecule is CC(c1c(O)cc(/C=C/c2ccc(O)c(O)c2)oc1=O)c1c(O)cc(/C=C/c2ccc(O)c(O)c2)oc1=O. The van der Waals surface area contributed by atoms with Crippen LogP contribution in [0.5, 0.6) is 34.5 Å². The molecule has 0 aliphatic heterocycles. The van der Waals surface area contributed by atoms with Crippen LogP contribution in [0.4, 0.5) is 0 Å². The van der Waals surface area contributed by atoms with E-state index in [-0.39, 0.29) is 45.6 Å². The summed E-state index contributed by atoms with van der Waals surface area (Å²) in [6, 6.07) is 10.5. The Morgan fingerprint density at radius 2 is 0.947 bits per heavy atom. The molecule has 0 radical (unpaired) electrons. The van der Waals surface area contributed by atoms with Crippen molar-refractivity contribution < 1.29 is 39.5 Å². The first-order valence-corrected chi connectivity index (χ1v) is 11.2. The maximum Gasteiger partial charge on any atom is 0.343 e. The number of hydrogen-bond acceptors (Lipinski definition) is 10. The average molecular weight is 518 g/mol. The zero-order valence-corrected chi connectivity index (χ0v) is 19.8. The third-order valence-corrected chi connectivity index (χ3v) is 5.72. The molecule has 0 spiro atoms. The molecule has 0 saturated carbocycles. The van der Waals surface area contributed by atoms with Crippen molar-refractivity contribution in [3.63, 3.8) is 0 Å². The molecule has 0 saturated heterocycles. The first kappa shape index (κ1) is 25.7. The van der Waals surface area contributed by atoms with Crippen LogP contribution in [-0.2, 0) is 0 Å². The molecule has 0 atom stereocenters. The molecule has 10 heteroatoms. The summed E-state index contributed by atoms with van der Waals surface area (Å²) in [7, 11) is 0. The molecule has 0 aliphatic rings. The third kappa shape index (κ3) is 5.39. The summed E-state index contributed by atoms with van der Waals surface area (Å²) >= 11 is 0. The molecule has 4 rings (SSSR count). The highest BCUT2D eigenvalue weighted by Crippen LogP contribution is 2.33. The van der Waals surface area contributed by atoms with Gasteiger partial charge in [-0.1, -0.05) is 31.2 Å². The van der Waals surface area contributed by atoms with Gasteiger partial charge in [0.15, 0.2) is 23.0 Å². The molecule has 0 aliphatic carbocycles. The van der Waals surface area contributed by atoms with E-state index in [0.29, 0.717) is 11.1 Å². The molecule has 2 aromatic carbocycles. The minimum Gasteiger partial charge on any atom is -0.507 e. The molecule has 194 valence electrons. The van der Waals surface area contributed by atoms with Crippen molar-refractivity contribution in [2.45, 2.75) is 12.8 Å². The number of phenolic OH excluding ortho intramolecular Hbond substituents is 4. The Morgan fingerprint density at radius 1 is 0.553 bits per heavy atom. The van der Waals surface area contributed by atoms with Crippen LogP contribution in [-0.4, -0.2) is 30.6 Å². The summed E-state index contributed by atoms with van der Waals surface area (Å²) < 4.78 is 10.5. The topological polar surface area (TPSA) is 182 Å². The molecule has 10 nitrogen and oxygen atoms in total. The molecule has 0 fully saturated rings. The summed E-state index contributed by atoms with van der Waals surface area (Å²) in [5.41, 5.74) is -1.46. The second-order valence-electron chi connectivity index (χ2n) is 8.35. The molecular weight excluding hydrogens is 496 g/mol. The Labute approximate surface area is 214 Å². The van der Waals surface area contributed by atoms with Gasteiger partial charge < -0.3 is 39.5 Å². The lowest BCUT2D eigenvalue weighted by Gasteiger charge is -2.13. The van der Waals surface area contributed by atoms with Gasteiger partial charge in [0.05, 0.1) is 11.1 Å². The molecule has 6 N–H and O–H groups in total. The van der Waals surface area contributed by atoms with E-state index in [4.69, 9.17) is 8.83 Å². The largest absolute Gasteiger partial charge is 0.507 e. The Hall–Kier alpha value is -5.38. The van der Waals surface area contributed by atoms with Crippen LogP contribution in [0, 0.1) is 0 Å². The maximum absolute atomic E-state index is 12.7. The van der Waals surface area contributed by atoms with Gasteiger partial charge in [-0.15, -0.1) is 0 Å². The molecule has 0 bridgehead atoms. The first-order valence-electron chi connectivity index (χ1n) is 11.2. The van der Waals surface area contributed by atoms with Crippen LogP contribution in [0.1, 0.15) is 46.6 Å². The van der Waals surface area contributed by atoms with E-state index in [0.717, 1.165) is 12.1 Å². The quantitative estimate of drug-likeness (QED) is 0.201. The second kappa shape index (κ2) is 10.3. The summed E-state index contributed by atoms with van der Waals surface area (Å²) in [6.45, 7) is 1.42. The first-order chi connectivity index (χ1) is 18.0. The highest BCUT2D eigenvalue weighted by Gasteiger charge is 2.25. The van der Waals surface area contributed by atoms with E-state index < -0.39 is 28.7 Å². The lowest BCUT2D eigenvalue weighted by atomic mass is 9.94. The molecule has 0 amide bonds. The van der Waals surface area contributed by atoms with Crippen molar-refractivity contribution in [3.8, 4) is 34.5 Å². The van der Waals surface area contributed by atoms with E-state index >= 15 is 0 Å². The number of benzene rings is 2. The van der Waals surface area contributed by atoms with Gasteiger partial charge in [0.25, 0.3) is 0 Å². The highest BCUT2D eigenvalue weighted by atomic mass is 16.4. The van der Waals surface area contributed by atoms with E-state index in [2.05, 4.69) is 0 Å². The van der Waals surface area contributed by atoms with E-state index in [9.17, 15) is 40.2 Å². The molecular formula is C28H22O10. The van der Waals surface area contributed by atoms with Gasteiger partial charge in [-0.2, -0.15) is 0 Å². The van der Waals surface area contributed by atoms with Crippen LogP contribution in [0.15, 0.2) is 67.0 Å². The molecule has 4 aromatic rings. The van der Waals surface area contributed by atoms with Crippen molar-refractivity contribution in [1.29, 1.82) is 0 Å². The standard InChI is InChI=1S/C28H22O10/c1-14(25-23(33)12-17(37-27(25)35)6-2-15-4-8-19(29)21(31)10-15)26-24(34)13-18(38-28(26)36)7-3-16-5-9-20(30)22(32)11-16/h2-14,29-34H,1H3/b6-2+,7-3+. The van der Waals surface area contributed by atoms with Gasteiger partial charge in [0, 0.05) is 18.1 Å². The third-order valence-electron chi connectivity index (χ3n) is 5.72. The summed E-state index contributed by atoms with van der Waals surface area (Å²) in [4.78, 5) is 25.4. The van der Waals surface area contributed by atoms with Crippen molar-refractivity contribution in [3.05, 3.63) is 103 Å². The smallest absolute Gasteiger partial charge is 0.343 e. The Morgan fingerprint density at radius 3 is 1.29 bits per heavy atom. The zero-order valence-electron chi connectivity index (χ0n) is 19.8. The average Bonchev–Trinajstić information content (AvgIpc) is 2.84. The molecule has 2 heterocycles. The minimum atomic E-state index is -1.10. The minimum absolute atomic E-state index is 0.0203. The van der Waals surface area contributed by atoms with Crippen molar-refractivity contribution in [2.75, 3.05) is 0 Å². The van der Waals surface area contributed by atoms with E-state index in [1.807, 2.05) is 0 Å². The van der Waals surface area contributed by atoms with Gasteiger partial charge in [-0.3, -0.25) is 0 Å². The monoisotopic (exact) mass is 518 g/mol. The zero-order chi connectivity index (χ0) is 27.6. The van der Waals surface area contributed by atoms with Gasteiger partial charge >= 0.3 is 11.3 Å². The van der Waals surface area contributed by atoms with Crippen molar-refractivity contribution >= 4 is 24.3 Å². The number of aromatic hydroxyl groups is 6. The van der Waals surface area contributed by atoms with Crippen LogP contribution in [0.2, 0.25) is 0 Å². The summed E-state index contributed by atoms with van der Waals surface area (Å²) in [6.07, 6.45) is 5.68. The fourth-order valence-corrected chi connectivity index (χ4v) is 3.77. The van der Waals surface area contributed by atoms with E-state index in [1.165, 1.54) is 67.6 Å². The number of hydrogen-bond donors (Lipinski definition) is 6. The van der Waals surface area contributed by atoms with Crippen LogP contribution < -0.4 is 11.3 Å². The Bertz CT molecular complexity index is 1570. The predicted octanol–water partition coefficient (Wildman–Crippen LogP) is 4.32. The maximum atomic E-state index is 12.7. The number of phenols is 4. The normalized spacial score (nSPS) is 11.6. The van der Waals surface area contributed by atoms with Crippen molar-refractivity contribution in [2.24, 2.45) is 0 Å². The highest BCUT2D eigenvalue weighted by molar-refractivity contribution is 5.70. The van der Waals surface area contributed by atoms with Gasteiger partial charge in [-0.25, -0.2) is 9.59 Å². The Balaban J connectivity index is 1.61.